The van der Waals surface area contributed by atoms with E-state index in [0.29, 0.717) is 29.1 Å². The molecular weight excluding hydrogens is 373 g/mol. The molecule has 0 fully saturated rings. The average molecular weight is 391 g/mol. The topological polar surface area (TPSA) is 64.4 Å². The van der Waals surface area contributed by atoms with Crippen LogP contribution in [0, 0.1) is 5.92 Å². The van der Waals surface area contributed by atoms with Gasteiger partial charge in [0.15, 0.2) is 5.69 Å². The summed E-state index contributed by atoms with van der Waals surface area (Å²) in [4.78, 5) is 11.3. The van der Waals surface area contributed by atoms with E-state index in [4.69, 9.17) is 16.3 Å². The van der Waals surface area contributed by atoms with Crippen molar-refractivity contribution >= 4 is 17.6 Å². The van der Waals surface area contributed by atoms with Crippen molar-refractivity contribution in [1.82, 2.24) is 9.78 Å². The predicted molar refractivity (Wildman–Crippen MR) is 90.8 cm³/mol. The Morgan fingerprint density at radius 3 is 2.58 bits per heavy atom. The molecule has 9 heteroatoms. The maximum absolute atomic E-state index is 12.8. The molecule has 26 heavy (non-hydrogen) atoms. The number of carboxylic acid groups (broad SMARTS) is 1. The van der Waals surface area contributed by atoms with Crippen molar-refractivity contribution in [3.63, 3.8) is 0 Å². The van der Waals surface area contributed by atoms with Gasteiger partial charge in [0, 0.05) is 12.1 Å². The Morgan fingerprint density at radius 2 is 2.08 bits per heavy atom. The lowest BCUT2D eigenvalue weighted by molar-refractivity contribution is -0.169. The highest BCUT2D eigenvalue weighted by atomic mass is 35.5. The van der Waals surface area contributed by atoms with Crippen LogP contribution in [0.15, 0.2) is 18.2 Å². The third-order valence-electron chi connectivity index (χ3n) is 4.02. The molecule has 1 unspecified atom stereocenters. The Labute approximate surface area is 153 Å². The van der Waals surface area contributed by atoms with E-state index in [1.165, 1.54) is 17.9 Å². The summed E-state index contributed by atoms with van der Waals surface area (Å²) < 4.78 is 45.0. The Kier molecular flexibility index (Phi) is 5.85. The molecule has 0 aliphatic carbocycles. The molecule has 0 saturated carbocycles. The third kappa shape index (κ3) is 3.95. The number of hydrogen-bond acceptors (Lipinski definition) is 3. The van der Waals surface area contributed by atoms with Gasteiger partial charge in [0.1, 0.15) is 10.8 Å². The van der Waals surface area contributed by atoms with E-state index >= 15 is 0 Å². The largest absolute Gasteiger partial charge is 0.496 e. The fourth-order valence-electron chi connectivity index (χ4n) is 2.59. The summed E-state index contributed by atoms with van der Waals surface area (Å²) in [6, 6.07) is 4.61. The summed E-state index contributed by atoms with van der Waals surface area (Å²) in [5.74, 6) is -2.47. The summed E-state index contributed by atoms with van der Waals surface area (Å²) >= 11 is 6.18. The number of nitrogens with zero attached hydrogens (tertiary/aromatic N) is 2. The summed E-state index contributed by atoms with van der Waals surface area (Å²) in [6.07, 6.45) is -4.48. The van der Waals surface area contributed by atoms with Crippen LogP contribution in [0.25, 0.3) is 11.3 Å². The van der Waals surface area contributed by atoms with E-state index in [9.17, 15) is 23.1 Å². The number of aryl methyl sites for hydroxylation is 1. The number of aromatic carboxylic acids is 1. The summed E-state index contributed by atoms with van der Waals surface area (Å²) in [5.41, 5.74) is 0.967. The highest BCUT2D eigenvalue weighted by Gasteiger charge is 2.35. The summed E-state index contributed by atoms with van der Waals surface area (Å²) in [5, 5.41) is 13.1. The summed E-state index contributed by atoms with van der Waals surface area (Å²) in [6.45, 7) is 3.24. The molecule has 0 aliphatic heterocycles. The molecule has 0 spiro atoms. The molecule has 1 atom stereocenters. The van der Waals surface area contributed by atoms with Crippen molar-refractivity contribution in [3.05, 3.63) is 34.5 Å². The second-order valence-electron chi connectivity index (χ2n) is 5.81. The van der Waals surface area contributed by atoms with Crippen molar-refractivity contribution in [2.24, 2.45) is 5.92 Å². The van der Waals surface area contributed by atoms with Crippen molar-refractivity contribution in [3.8, 4) is 17.0 Å². The summed E-state index contributed by atoms with van der Waals surface area (Å²) in [7, 11) is 1.38. The van der Waals surface area contributed by atoms with E-state index in [0.717, 1.165) is 6.92 Å². The highest BCUT2D eigenvalue weighted by molar-refractivity contribution is 6.35. The Bertz CT molecular complexity index is 818. The molecule has 1 aromatic carbocycles. The fourth-order valence-corrected chi connectivity index (χ4v) is 2.91. The van der Waals surface area contributed by atoms with Gasteiger partial charge in [-0.05, 0) is 31.0 Å². The molecule has 0 radical (unpaired) electrons. The van der Waals surface area contributed by atoms with Gasteiger partial charge in [-0.25, -0.2) is 4.79 Å². The lowest BCUT2D eigenvalue weighted by Crippen LogP contribution is -2.21. The Morgan fingerprint density at radius 1 is 1.42 bits per heavy atom. The standard InChI is InChI=1S/C17H18ClF3N2O3/c1-4-23-15(13(18)14(22-23)16(24)25)11-6-5-10(8-12(11)26-3)7-9(2)17(19,20)21/h5-6,8-9H,4,7H2,1-3H3,(H,24,25). The zero-order chi connectivity index (χ0) is 19.6. The molecule has 2 rings (SSSR count). The van der Waals surface area contributed by atoms with Gasteiger partial charge in [-0.3, -0.25) is 4.68 Å². The molecule has 1 N–H and O–H groups in total. The lowest BCUT2D eigenvalue weighted by Gasteiger charge is -2.17. The molecule has 0 saturated heterocycles. The van der Waals surface area contributed by atoms with Gasteiger partial charge in [0.05, 0.1) is 18.7 Å². The second-order valence-corrected chi connectivity index (χ2v) is 6.19. The van der Waals surface area contributed by atoms with Crippen molar-refractivity contribution in [2.45, 2.75) is 33.0 Å². The van der Waals surface area contributed by atoms with Gasteiger partial charge in [-0.2, -0.15) is 18.3 Å². The van der Waals surface area contributed by atoms with E-state index < -0.39 is 18.1 Å². The zero-order valence-electron chi connectivity index (χ0n) is 14.4. The number of hydrogen-bond donors (Lipinski definition) is 1. The van der Waals surface area contributed by atoms with Crippen LogP contribution in [-0.2, 0) is 13.0 Å². The first-order valence-corrected chi connectivity index (χ1v) is 8.21. The molecule has 0 bridgehead atoms. The Balaban J connectivity index is 2.50. The van der Waals surface area contributed by atoms with Gasteiger partial charge < -0.3 is 9.84 Å². The van der Waals surface area contributed by atoms with Crippen molar-refractivity contribution < 1.29 is 27.8 Å². The molecule has 5 nitrogen and oxygen atoms in total. The maximum atomic E-state index is 12.8. The van der Waals surface area contributed by atoms with Crippen molar-refractivity contribution in [1.29, 1.82) is 0 Å². The fraction of sp³-hybridized carbons (Fsp3) is 0.412. The minimum absolute atomic E-state index is 0.0472. The van der Waals surface area contributed by atoms with Gasteiger partial charge in [0.25, 0.3) is 0 Å². The maximum Gasteiger partial charge on any atom is 0.391 e. The number of carbonyl (C=O) groups is 1. The van der Waals surface area contributed by atoms with Crippen LogP contribution in [0.3, 0.4) is 0 Å². The van der Waals surface area contributed by atoms with E-state index in [1.807, 2.05) is 0 Å². The number of alkyl halides is 3. The first-order valence-electron chi connectivity index (χ1n) is 7.83. The second kappa shape index (κ2) is 7.57. The molecule has 1 aromatic heterocycles. The SMILES string of the molecule is CCn1nc(C(=O)O)c(Cl)c1-c1ccc(CC(C)C(F)(F)F)cc1OC. The van der Waals surface area contributed by atoms with E-state index in [-0.39, 0.29) is 17.1 Å². The van der Waals surface area contributed by atoms with Crippen LogP contribution in [0.4, 0.5) is 13.2 Å². The van der Waals surface area contributed by atoms with Crippen molar-refractivity contribution in [2.75, 3.05) is 7.11 Å². The van der Waals surface area contributed by atoms with Crippen LogP contribution in [-0.4, -0.2) is 34.1 Å². The number of halogens is 4. The molecule has 142 valence electrons. The lowest BCUT2D eigenvalue weighted by atomic mass is 9.98. The number of benzene rings is 1. The molecule has 0 amide bonds. The minimum atomic E-state index is -4.29. The molecule has 2 aromatic rings. The zero-order valence-corrected chi connectivity index (χ0v) is 15.1. The quantitative estimate of drug-likeness (QED) is 0.778. The molecular formula is C17H18ClF3N2O3. The van der Waals surface area contributed by atoms with Crippen LogP contribution in [0.5, 0.6) is 5.75 Å². The van der Waals surface area contributed by atoms with E-state index in [2.05, 4.69) is 5.10 Å². The van der Waals surface area contributed by atoms with E-state index in [1.54, 1.807) is 19.1 Å². The van der Waals surface area contributed by atoms with Crippen LogP contribution >= 0.6 is 11.6 Å². The molecule has 1 heterocycles. The van der Waals surface area contributed by atoms with Gasteiger partial charge >= 0.3 is 12.1 Å². The number of aromatic nitrogens is 2. The normalized spacial score (nSPS) is 12.9. The number of carboxylic acids is 1. The minimum Gasteiger partial charge on any atom is -0.496 e. The third-order valence-corrected chi connectivity index (χ3v) is 4.38. The number of rotatable bonds is 6. The smallest absolute Gasteiger partial charge is 0.391 e. The highest BCUT2D eigenvalue weighted by Crippen LogP contribution is 2.38. The number of methoxy groups -OCH3 is 1. The van der Waals surface area contributed by atoms with Gasteiger partial charge in [-0.15, -0.1) is 0 Å². The van der Waals surface area contributed by atoms with Crippen LogP contribution < -0.4 is 4.74 Å². The van der Waals surface area contributed by atoms with Crippen LogP contribution in [0.1, 0.15) is 29.9 Å². The predicted octanol–water partition coefficient (Wildman–Crippen LogP) is 4.67. The monoisotopic (exact) mass is 390 g/mol. The number of ether oxygens (including phenoxy) is 1. The first kappa shape index (κ1) is 20.1. The van der Waals surface area contributed by atoms with Crippen LogP contribution in [0.2, 0.25) is 5.02 Å². The molecule has 0 aliphatic rings. The average Bonchev–Trinajstić information content (AvgIpc) is 2.90. The van der Waals surface area contributed by atoms with Gasteiger partial charge in [0.2, 0.25) is 0 Å². The first-order chi connectivity index (χ1) is 12.1. The Hall–Kier alpha value is -2.22. The van der Waals surface area contributed by atoms with Gasteiger partial charge in [-0.1, -0.05) is 24.6 Å².